The molecule has 0 radical (unpaired) electrons. The monoisotopic (exact) mass is 246 g/mol. The van der Waals surface area contributed by atoms with Gasteiger partial charge in [-0.15, -0.1) is 0 Å². The first-order valence-corrected chi connectivity index (χ1v) is 6.62. The second-order valence-corrected chi connectivity index (χ2v) is 5.42. The van der Waals surface area contributed by atoms with E-state index in [1.807, 2.05) is 4.90 Å². The van der Waals surface area contributed by atoms with Crippen molar-refractivity contribution in [2.45, 2.75) is 45.2 Å². The molecule has 1 aliphatic rings. The lowest BCUT2D eigenvalue weighted by atomic mass is 9.93. The number of aryl methyl sites for hydroxylation is 1. The standard InChI is InChI=1S/C15H22N2O/c1-10-6-4-5-7-14(10)13-8-11(2)17(9-13)15(18)12(3)16/h4-7,11-13H,8-9,16H2,1-3H3/t11-,12-,13-/m1/s1. The summed E-state index contributed by atoms with van der Waals surface area (Å²) in [5, 5.41) is 0. The summed E-state index contributed by atoms with van der Waals surface area (Å²) in [6.45, 7) is 6.80. The summed E-state index contributed by atoms with van der Waals surface area (Å²) < 4.78 is 0. The van der Waals surface area contributed by atoms with E-state index in [-0.39, 0.29) is 11.9 Å². The predicted molar refractivity (Wildman–Crippen MR) is 73.4 cm³/mol. The zero-order valence-electron chi connectivity index (χ0n) is 11.4. The van der Waals surface area contributed by atoms with Crippen molar-refractivity contribution in [1.29, 1.82) is 0 Å². The van der Waals surface area contributed by atoms with Crippen molar-refractivity contribution in [2.75, 3.05) is 6.54 Å². The van der Waals surface area contributed by atoms with Crippen LogP contribution < -0.4 is 5.73 Å². The Morgan fingerprint density at radius 2 is 2.11 bits per heavy atom. The highest BCUT2D eigenvalue weighted by Gasteiger charge is 2.34. The zero-order valence-corrected chi connectivity index (χ0v) is 11.4. The van der Waals surface area contributed by atoms with Crippen molar-refractivity contribution in [3.05, 3.63) is 35.4 Å². The minimum Gasteiger partial charge on any atom is -0.338 e. The number of hydrogen-bond donors (Lipinski definition) is 1. The number of nitrogens with zero attached hydrogens (tertiary/aromatic N) is 1. The second kappa shape index (κ2) is 5.11. The van der Waals surface area contributed by atoms with Crippen molar-refractivity contribution >= 4 is 5.91 Å². The van der Waals surface area contributed by atoms with Crippen LogP contribution in [0.4, 0.5) is 0 Å². The summed E-state index contributed by atoms with van der Waals surface area (Å²) in [6.07, 6.45) is 1.03. The summed E-state index contributed by atoms with van der Waals surface area (Å²) >= 11 is 0. The molecule has 0 aromatic heterocycles. The SMILES string of the molecule is Cc1ccccc1[C@@H]1C[C@@H](C)N(C(=O)[C@@H](C)N)C1. The molecule has 1 aromatic rings. The normalized spacial score (nSPS) is 25.2. The fourth-order valence-electron chi connectivity index (χ4n) is 2.87. The van der Waals surface area contributed by atoms with E-state index in [1.54, 1.807) is 6.92 Å². The molecule has 1 heterocycles. The van der Waals surface area contributed by atoms with E-state index in [0.717, 1.165) is 13.0 Å². The molecular weight excluding hydrogens is 224 g/mol. The molecule has 98 valence electrons. The van der Waals surface area contributed by atoms with Crippen LogP contribution in [0.2, 0.25) is 0 Å². The van der Waals surface area contributed by atoms with E-state index < -0.39 is 6.04 Å². The third-order valence-electron chi connectivity index (χ3n) is 3.88. The van der Waals surface area contributed by atoms with Crippen LogP contribution in [0.1, 0.15) is 37.3 Å². The van der Waals surface area contributed by atoms with Gasteiger partial charge in [0, 0.05) is 18.5 Å². The Morgan fingerprint density at radius 1 is 1.44 bits per heavy atom. The minimum absolute atomic E-state index is 0.0681. The van der Waals surface area contributed by atoms with Gasteiger partial charge < -0.3 is 10.6 Å². The van der Waals surface area contributed by atoms with Crippen LogP contribution in [0.3, 0.4) is 0 Å². The van der Waals surface area contributed by atoms with Crippen LogP contribution in [0.25, 0.3) is 0 Å². The third kappa shape index (κ3) is 2.41. The van der Waals surface area contributed by atoms with Gasteiger partial charge in [0.2, 0.25) is 5.91 Å². The summed E-state index contributed by atoms with van der Waals surface area (Å²) in [5.74, 6) is 0.516. The Balaban J connectivity index is 2.16. The van der Waals surface area contributed by atoms with Crippen molar-refractivity contribution in [3.8, 4) is 0 Å². The quantitative estimate of drug-likeness (QED) is 0.868. The molecule has 0 bridgehead atoms. The van der Waals surface area contributed by atoms with E-state index in [0.29, 0.717) is 5.92 Å². The molecule has 0 aliphatic carbocycles. The number of hydrogen-bond acceptors (Lipinski definition) is 2. The largest absolute Gasteiger partial charge is 0.338 e. The van der Waals surface area contributed by atoms with Crippen LogP contribution in [0.5, 0.6) is 0 Å². The van der Waals surface area contributed by atoms with Gasteiger partial charge in [-0.1, -0.05) is 24.3 Å². The lowest BCUT2D eigenvalue weighted by Gasteiger charge is -2.23. The Morgan fingerprint density at radius 3 is 2.72 bits per heavy atom. The molecule has 1 aliphatic heterocycles. The molecule has 1 saturated heterocycles. The van der Waals surface area contributed by atoms with Gasteiger partial charge in [-0.3, -0.25) is 4.79 Å². The summed E-state index contributed by atoms with van der Waals surface area (Å²) in [6, 6.07) is 8.32. The highest BCUT2D eigenvalue weighted by Crippen LogP contribution is 2.33. The Bertz CT molecular complexity index is 442. The number of likely N-dealkylation sites (tertiary alicyclic amines) is 1. The molecule has 0 saturated carbocycles. The van der Waals surface area contributed by atoms with E-state index in [2.05, 4.69) is 38.1 Å². The van der Waals surface area contributed by atoms with Gasteiger partial charge in [-0.25, -0.2) is 0 Å². The molecule has 2 N–H and O–H groups in total. The van der Waals surface area contributed by atoms with Gasteiger partial charge >= 0.3 is 0 Å². The Labute approximate surface area is 109 Å². The third-order valence-corrected chi connectivity index (χ3v) is 3.88. The maximum Gasteiger partial charge on any atom is 0.239 e. The summed E-state index contributed by atoms with van der Waals surface area (Å²) in [5.41, 5.74) is 8.38. The first-order valence-electron chi connectivity index (χ1n) is 6.62. The van der Waals surface area contributed by atoms with E-state index in [1.165, 1.54) is 11.1 Å². The van der Waals surface area contributed by atoms with Crippen LogP contribution >= 0.6 is 0 Å². The molecule has 2 rings (SSSR count). The van der Waals surface area contributed by atoms with Crippen molar-refractivity contribution in [1.82, 2.24) is 4.90 Å². The van der Waals surface area contributed by atoms with Crippen molar-refractivity contribution in [3.63, 3.8) is 0 Å². The highest BCUT2D eigenvalue weighted by atomic mass is 16.2. The minimum atomic E-state index is -0.400. The average Bonchev–Trinajstić information content (AvgIpc) is 2.70. The van der Waals surface area contributed by atoms with Gasteiger partial charge in [-0.05, 0) is 38.3 Å². The number of rotatable bonds is 2. The number of amides is 1. The second-order valence-electron chi connectivity index (χ2n) is 5.42. The van der Waals surface area contributed by atoms with Crippen LogP contribution in [0.15, 0.2) is 24.3 Å². The highest BCUT2D eigenvalue weighted by molar-refractivity contribution is 5.81. The molecule has 1 amide bonds. The number of carbonyl (C=O) groups is 1. The molecule has 3 heteroatoms. The van der Waals surface area contributed by atoms with Crippen LogP contribution in [0, 0.1) is 6.92 Å². The summed E-state index contributed by atoms with van der Waals surface area (Å²) in [4.78, 5) is 14.0. The molecule has 1 fully saturated rings. The topological polar surface area (TPSA) is 46.3 Å². The van der Waals surface area contributed by atoms with Crippen LogP contribution in [-0.4, -0.2) is 29.4 Å². The fraction of sp³-hybridized carbons (Fsp3) is 0.533. The van der Waals surface area contributed by atoms with Crippen molar-refractivity contribution in [2.24, 2.45) is 5.73 Å². The first-order chi connectivity index (χ1) is 8.50. The van der Waals surface area contributed by atoms with E-state index >= 15 is 0 Å². The van der Waals surface area contributed by atoms with E-state index in [9.17, 15) is 4.79 Å². The molecule has 0 spiro atoms. The van der Waals surface area contributed by atoms with Gasteiger partial charge in [0.15, 0.2) is 0 Å². The predicted octanol–water partition coefficient (Wildman–Crippen LogP) is 2.05. The Hall–Kier alpha value is -1.35. The molecule has 0 unspecified atom stereocenters. The Kier molecular flexibility index (Phi) is 3.71. The summed E-state index contributed by atoms with van der Waals surface area (Å²) in [7, 11) is 0. The molecule has 1 aromatic carbocycles. The van der Waals surface area contributed by atoms with Gasteiger partial charge in [0.05, 0.1) is 6.04 Å². The zero-order chi connectivity index (χ0) is 13.3. The maximum atomic E-state index is 12.0. The molecule has 3 nitrogen and oxygen atoms in total. The molecular formula is C15H22N2O. The number of nitrogens with two attached hydrogens (primary N) is 1. The van der Waals surface area contributed by atoms with E-state index in [4.69, 9.17) is 5.73 Å². The van der Waals surface area contributed by atoms with Gasteiger partial charge in [0.25, 0.3) is 0 Å². The molecule has 18 heavy (non-hydrogen) atoms. The van der Waals surface area contributed by atoms with Crippen LogP contribution in [-0.2, 0) is 4.79 Å². The molecule has 3 atom stereocenters. The smallest absolute Gasteiger partial charge is 0.239 e. The number of benzene rings is 1. The lowest BCUT2D eigenvalue weighted by molar-refractivity contribution is -0.132. The first kappa shape index (κ1) is 13.1. The average molecular weight is 246 g/mol. The van der Waals surface area contributed by atoms with Gasteiger partial charge in [0.1, 0.15) is 0 Å². The van der Waals surface area contributed by atoms with Crippen molar-refractivity contribution < 1.29 is 4.79 Å². The maximum absolute atomic E-state index is 12.0. The van der Waals surface area contributed by atoms with Gasteiger partial charge in [-0.2, -0.15) is 0 Å². The fourth-order valence-corrected chi connectivity index (χ4v) is 2.87. The lowest BCUT2D eigenvalue weighted by Crippen LogP contribution is -2.43. The number of carbonyl (C=O) groups excluding carboxylic acids is 1.